The predicted octanol–water partition coefficient (Wildman–Crippen LogP) is 2.04. The third kappa shape index (κ3) is 7.69. The van der Waals surface area contributed by atoms with E-state index in [2.05, 4.69) is 16.2 Å². The van der Waals surface area contributed by atoms with Crippen LogP contribution in [0.4, 0.5) is 0 Å². The molecule has 0 radical (unpaired) electrons. The maximum Gasteiger partial charge on any atom is 0.276 e. The molecule has 0 saturated carbocycles. The van der Waals surface area contributed by atoms with Crippen LogP contribution in [0.5, 0.6) is 11.5 Å². The van der Waals surface area contributed by atoms with Gasteiger partial charge < -0.3 is 14.2 Å². The molecule has 2 aromatic carbocycles. The lowest BCUT2D eigenvalue weighted by Gasteiger charge is -2.13. The van der Waals surface area contributed by atoms with Crippen LogP contribution in [0.3, 0.4) is 0 Å². The van der Waals surface area contributed by atoms with Gasteiger partial charge in [0.2, 0.25) is 0 Å². The minimum atomic E-state index is -0.471. The summed E-state index contributed by atoms with van der Waals surface area (Å²) in [7, 11) is 1.56. The summed E-state index contributed by atoms with van der Waals surface area (Å²) in [6, 6.07) is 12.4. The van der Waals surface area contributed by atoms with Gasteiger partial charge >= 0.3 is 0 Å². The summed E-state index contributed by atoms with van der Waals surface area (Å²) in [5.74, 6) is 0.0830. The summed E-state index contributed by atoms with van der Waals surface area (Å²) in [5.41, 5.74) is 7.24. The van der Waals surface area contributed by atoms with E-state index >= 15 is 0 Å². The molecule has 0 saturated heterocycles. The molecule has 160 valence electrons. The Bertz CT molecular complexity index is 884. The standard InChI is InChI=1S/C21H25N3O5S/c1-14-10-15(2)12-16(11-14)29-13-19(25)23-24-21(30)22-20(26)17-6-4-5-7-18(17)28-9-8-27-3/h4-7,10-12H,8-9,13H2,1-3H3,(H,23,25)(H2,22,24,26,30). The third-order valence-electron chi connectivity index (χ3n) is 3.78. The predicted molar refractivity (Wildman–Crippen MR) is 117 cm³/mol. The molecule has 0 atom stereocenters. The average molecular weight is 432 g/mol. The number of carbonyl (C=O) groups excluding carboxylic acids is 2. The van der Waals surface area contributed by atoms with E-state index in [9.17, 15) is 9.59 Å². The maximum atomic E-state index is 12.4. The Hall–Kier alpha value is -3.17. The number of methoxy groups -OCH3 is 1. The van der Waals surface area contributed by atoms with Gasteiger partial charge in [-0.05, 0) is 61.5 Å². The number of carbonyl (C=O) groups is 2. The molecular weight excluding hydrogens is 406 g/mol. The molecule has 2 rings (SSSR count). The number of benzene rings is 2. The van der Waals surface area contributed by atoms with Crippen molar-refractivity contribution >= 4 is 29.1 Å². The largest absolute Gasteiger partial charge is 0.490 e. The smallest absolute Gasteiger partial charge is 0.276 e. The molecule has 0 heterocycles. The van der Waals surface area contributed by atoms with Gasteiger partial charge in [-0.1, -0.05) is 18.2 Å². The molecule has 2 aromatic rings. The first-order valence-corrected chi connectivity index (χ1v) is 9.62. The summed E-state index contributed by atoms with van der Waals surface area (Å²) in [6.45, 7) is 4.39. The van der Waals surface area contributed by atoms with Gasteiger partial charge in [0.05, 0.1) is 12.2 Å². The van der Waals surface area contributed by atoms with Gasteiger partial charge in [0.1, 0.15) is 18.1 Å². The van der Waals surface area contributed by atoms with Crippen LogP contribution < -0.4 is 25.6 Å². The highest BCUT2D eigenvalue weighted by molar-refractivity contribution is 7.80. The lowest BCUT2D eigenvalue weighted by Crippen LogP contribution is -2.49. The zero-order valence-corrected chi connectivity index (χ0v) is 17.9. The van der Waals surface area contributed by atoms with Crippen molar-refractivity contribution in [2.24, 2.45) is 0 Å². The minimum absolute atomic E-state index is 0.0635. The number of nitrogens with one attached hydrogen (secondary N) is 3. The van der Waals surface area contributed by atoms with Crippen LogP contribution in [-0.4, -0.2) is 43.9 Å². The topological polar surface area (TPSA) is 97.9 Å². The van der Waals surface area contributed by atoms with Crippen LogP contribution in [0, 0.1) is 13.8 Å². The normalized spacial score (nSPS) is 10.1. The first-order chi connectivity index (χ1) is 14.4. The Balaban J connectivity index is 1.80. The van der Waals surface area contributed by atoms with Crippen LogP contribution in [0.1, 0.15) is 21.5 Å². The first kappa shape index (κ1) is 23.1. The van der Waals surface area contributed by atoms with E-state index in [0.29, 0.717) is 30.3 Å². The van der Waals surface area contributed by atoms with Crippen molar-refractivity contribution in [3.8, 4) is 11.5 Å². The Morgan fingerprint density at radius 2 is 1.67 bits per heavy atom. The summed E-state index contributed by atoms with van der Waals surface area (Å²) in [5, 5.41) is 2.42. The number of hydrogen-bond donors (Lipinski definition) is 3. The first-order valence-electron chi connectivity index (χ1n) is 9.21. The molecule has 0 aromatic heterocycles. The summed E-state index contributed by atoms with van der Waals surface area (Å²) in [4.78, 5) is 24.4. The molecule has 0 aliphatic heterocycles. The van der Waals surface area contributed by atoms with E-state index in [-0.39, 0.29) is 11.7 Å². The quantitative estimate of drug-likeness (QED) is 0.334. The minimum Gasteiger partial charge on any atom is -0.490 e. The van der Waals surface area contributed by atoms with Crippen LogP contribution in [0.2, 0.25) is 0 Å². The molecule has 0 aliphatic rings. The van der Waals surface area contributed by atoms with Crippen molar-refractivity contribution in [1.82, 2.24) is 16.2 Å². The van der Waals surface area contributed by atoms with Crippen molar-refractivity contribution < 1.29 is 23.8 Å². The van der Waals surface area contributed by atoms with Gasteiger partial charge in [-0.15, -0.1) is 0 Å². The zero-order valence-electron chi connectivity index (χ0n) is 17.1. The van der Waals surface area contributed by atoms with E-state index in [1.807, 2.05) is 32.0 Å². The lowest BCUT2D eigenvalue weighted by atomic mass is 10.1. The van der Waals surface area contributed by atoms with E-state index in [4.69, 9.17) is 26.4 Å². The maximum absolute atomic E-state index is 12.4. The fraction of sp³-hybridized carbons (Fsp3) is 0.286. The molecule has 0 aliphatic carbocycles. The van der Waals surface area contributed by atoms with Gasteiger partial charge in [-0.3, -0.25) is 25.8 Å². The monoisotopic (exact) mass is 431 g/mol. The molecule has 0 unspecified atom stereocenters. The second kappa shape index (κ2) is 11.7. The number of hydrogen-bond acceptors (Lipinski definition) is 6. The Morgan fingerprint density at radius 3 is 2.37 bits per heavy atom. The van der Waals surface area contributed by atoms with E-state index in [1.165, 1.54) is 0 Å². The van der Waals surface area contributed by atoms with Crippen molar-refractivity contribution in [2.45, 2.75) is 13.8 Å². The zero-order chi connectivity index (χ0) is 21.9. The van der Waals surface area contributed by atoms with Crippen molar-refractivity contribution in [3.63, 3.8) is 0 Å². The van der Waals surface area contributed by atoms with Gasteiger partial charge in [0.25, 0.3) is 11.8 Å². The second-order valence-electron chi connectivity index (χ2n) is 6.41. The molecular formula is C21H25N3O5S. The Kier molecular flexibility index (Phi) is 9.04. The van der Waals surface area contributed by atoms with Crippen LogP contribution in [-0.2, 0) is 9.53 Å². The molecule has 30 heavy (non-hydrogen) atoms. The van der Waals surface area contributed by atoms with Gasteiger partial charge in [0, 0.05) is 7.11 Å². The van der Waals surface area contributed by atoms with Crippen LogP contribution in [0.25, 0.3) is 0 Å². The highest BCUT2D eigenvalue weighted by Gasteiger charge is 2.14. The number of para-hydroxylation sites is 1. The number of hydrazine groups is 1. The molecule has 9 heteroatoms. The Labute approximate surface area is 180 Å². The van der Waals surface area contributed by atoms with Crippen LogP contribution in [0.15, 0.2) is 42.5 Å². The number of rotatable bonds is 8. The van der Waals surface area contributed by atoms with E-state index in [1.54, 1.807) is 31.4 Å². The number of ether oxygens (including phenoxy) is 3. The summed E-state index contributed by atoms with van der Waals surface area (Å²) in [6.07, 6.45) is 0. The Morgan fingerprint density at radius 1 is 0.967 bits per heavy atom. The van der Waals surface area contributed by atoms with Gasteiger partial charge in [-0.2, -0.15) is 0 Å². The molecule has 8 nitrogen and oxygen atoms in total. The summed E-state index contributed by atoms with van der Waals surface area (Å²) >= 11 is 5.05. The highest BCUT2D eigenvalue weighted by atomic mass is 32.1. The van der Waals surface area contributed by atoms with E-state index < -0.39 is 11.8 Å². The summed E-state index contributed by atoms with van der Waals surface area (Å²) < 4.78 is 15.9. The van der Waals surface area contributed by atoms with Crippen LogP contribution >= 0.6 is 12.2 Å². The third-order valence-corrected chi connectivity index (χ3v) is 3.99. The SMILES string of the molecule is COCCOc1ccccc1C(=O)NC(=S)NNC(=O)COc1cc(C)cc(C)c1. The van der Waals surface area contributed by atoms with Gasteiger partial charge in [-0.25, -0.2) is 0 Å². The fourth-order valence-corrected chi connectivity index (χ4v) is 2.69. The molecule has 0 spiro atoms. The number of amides is 2. The number of aryl methyl sites for hydroxylation is 2. The lowest BCUT2D eigenvalue weighted by molar-refractivity contribution is -0.123. The fourth-order valence-electron chi connectivity index (χ4n) is 2.54. The molecule has 2 amide bonds. The number of thiocarbonyl (C=S) groups is 1. The molecule has 0 fully saturated rings. The second-order valence-corrected chi connectivity index (χ2v) is 6.81. The van der Waals surface area contributed by atoms with Crippen molar-refractivity contribution in [3.05, 3.63) is 59.2 Å². The highest BCUT2D eigenvalue weighted by Crippen LogP contribution is 2.18. The molecule has 0 bridgehead atoms. The van der Waals surface area contributed by atoms with E-state index in [0.717, 1.165) is 11.1 Å². The average Bonchev–Trinajstić information content (AvgIpc) is 2.70. The van der Waals surface area contributed by atoms with Crippen molar-refractivity contribution in [2.75, 3.05) is 26.9 Å². The molecule has 3 N–H and O–H groups in total. The van der Waals surface area contributed by atoms with Gasteiger partial charge in [0.15, 0.2) is 11.7 Å². The van der Waals surface area contributed by atoms with Crippen molar-refractivity contribution in [1.29, 1.82) is 0 Å².